The molecule has 1 amide bonds. The molecule has 2 N–H and O–H groups in total. The Morgan fingerprint density at radius 2 is 2.00 bits per heavy atom. The molecule has 3 rings (SSSR count). The van der Waals surface area contributed by atoms with Crippen LogP contribution in [0.2, 0.25) is 5.02 Å². The summed E-state index contributed by atoms with van der Waals surface area (Å²) in [7, 11) is 1.54. The lowest BCUT2D eigenvalue weighted by Crippen LogP contribution is -2.31. The van der Waals surface area contributed by atoms with E-state index in [0.717, 1.165) is 11.2 Å². The lowest BCUT2D eigenvalue weighted by atomic mass is 10.2. The molecule has 0 saturated heterocycles. The van der Waals surface area contributed by atoms with Gasteiger partial charge in [0.25, 0.3) is 0 Å². The maximum Gasteiger partial charge on any atom is 0.246 e. The van der Waals surface area contributed by atoms with Gasteiger partial charge in [0.1, 0.15) is 17.3 Å². The van der Waals surface area contributed by atoms with Gasteiger partial charge in [0, 0.05) is 18.3 Å². The average Bonchev–Trinajstić information content (AvgIpc) is 2.94. The lowest BCUT2D eigenvalue weighted by Gasteiger charge is -2.15. The van der Waals surface area contributed by atoms with E-state index in [4.69, 9.17) is 20.8 Å². The molecule has 6 nitrogen and oxygen atoms in total. The van der Waals surface area contributed by atoms with E-state index in [1.807, 2.05) is 18.2 Å². The van der Waals surface area contributed by atoms with Crippen molar-refractivity contribution in [2.75, 3.05) is 17.7 Å². The van der Waals surface area contributed by atoms with Gasteiger partial charge in [-0.05, 0) is 43.3 Å². The molecule has 1 aromatic heterocycles. The van der Waals surface area contributed by atoms with Crippen LogP contribution in [0.1, 0.15) is 12.8 Å². The number of anilines is 2. The van der Waals surface area contributed by atoms with Gasteiger partial charge in [-0.1, -0.05) is 11.6 Å². The van der Waals surface area contributed by atoms with E-state index in [-0.39, 0.29) is 5.91 Å². The molecule has 0 fully saturated rings. The number of carbonyl (C=O) groups is 1. The van der Waals surface area contributed by atoms with Crippen molar-refractivity contribution >= 4 is 40.0 Å². The van der Waals surface area contributed by atoms with Crippen molar-refractivity contribution in [3.8, 4) is 5.75 Å². The monoisotopic (exact) mass is 359 g/mol. The topological polar surface area (TPSA) is 76.4 Å². The Hall–Kier alpha value is -2.73. The molecule has 1 atom stereocenters. The fourth-order valence-electron chi connectivity index (χ4n) is 2.44. The highest BCUT2D eigenvalue weighted by Gasteiger charge is 2.14. The van der Waals surface area contributed by atoms with Gasteiger partial charge in [0.05, 0.1) is 12.1 Å². The minimum absolute atomic E-state index is 0.183. The van der Waals surface area contributed by atoms with Crippen LogP contribution in [0.25, 0.3) is 11.1 Å². The SMILES string of the molecule is COc1ccc(NC(=O)C(C)Nc2ccc3oc(C)nc3c2)cc1Cl. The molecular weight excluding hydrogens is 342 g/mol. The number of nitrogens with zero attached hydrogens (tertiary/aromatic N) is 1. The highest BCUT2D eigenvalue weighted by Crippen LogP contribution is 2.27. The zero-order chi connectivity index (χ0) is 18.0. The summed E-state index contributed by atoms with van der Waals surface area (Å²) in [6.45, 7) is 3.57. The van der Waals surface area contributed by atoms with Crippen molar-refractivity contribution in [2.24, 2.45) is 0 Å². The number of benzene rings is 2. The molecule has 0 radical (unpaired) electrons. The molecule has 7 heteroatoms. The number of fused-ring (bicyclic) bond motifs is 1. The number of carbonyl (C=O) groups excluding carboxylic acids is 1. The summed E-state index contributed by atoms with van der Waals surface area (Å²) in [6, 6.07) is 10.2. The van der Waals surface area contributed by atoms with Crippen LogP contribution in [0.3, 0.4) is 0 Å². The van der Waals surface area contributed by atoms with Gasteiger partial charge >= 0.3 is 0 Å². The van der Waals surface area contributed by atoms with Crippen LogP contribution in [0, 0.1) is 6.92 Å². The maximum atomic E-state index is 12.4. The second-order valence-electron chi connectivity index (χ2n) is 5.62. The molecule has 0 aliphatic carbocycles. The molecule has 1 unspecified atom stereocenters. The number of nitrogens with one attached hydrogen (secondary N) is 2. The lowest BCUT2D eigenvalue weighted by molar-refractivity contribution is -0.116. The third-order valence-corrected chi connectivity index (χ3v) is 3.99. The first-order valence-corrected chi connectivity index (χ1v) is 8.12. The van der Waals surface area contributed by atoms with E-state index in [1.54, 1.807) is 39.2 Å². The van der Waals surface area contributed by atoms with Crippen LogP contribution < -0.4 is 15.4 Å². The number of halogens is 1. The van der Waals surface area contributed by atoms with Gasteiger partial charge < -0.3 is 19.8 Å². The van der Waals surface area contributed by atoms with Gasteiger partial charge in [-0.25, -0.2) is 4.98 Å². The number of hydrogen-bond donors (Lipinski definition) is 2. The van der Waals surface area contributed by atoms with Gasteiger partial charge in [-0.2, -0.15) is 0 Å². The number of aryl methyl sites for hydroxylation is 1. The third kappa shape index (κ3) is 3.85. The summed E-state index contributed by atoms with van der Waals surface area (Å²) < 4.78 is 10.5. The smallest absolute Gasteiger partial charge is 0.246 e. The molecule has 2 aromatic carbocycles. The molecule has 0 bridgehead atoms. The number of oxazole rings is 1. The predicted molar refractivity (Wildman–Crippen MR) is 98.5 cm³/mol. The summed E-state index contributed by atoms with van der Waals surface area (Å²) in [6.07, 6.45) is 0. The first kappa shape index (κ1) is 17.1. The fraction of sp³-hybridized carbons (Fsp3) is 0.222. The van der Waals surface area contributed by atoms with E-state index in [9.17, 15) is 4.79 Å². The zero-order valence-corrected chi connectivity index (χ0v) is 14.8. The van der Waals surface area contributed by atoms with Crippen molar-refractivity contribution in [3.05, 3.63) is 47.3 Å². The third-order valence-electron chi connectivity index (χ3n) is 3.69. The second-order valence-corrected chi connectivity index (χ2v) is 6.03. The van der Waals surface area contributed by atoms with E-state index < -0.39 is 6.04 Å². The summed E-state index contributed by atoms with van der Waals surface area (Å²) in [5.74, 6) is 0.981. The zero-order valence-electron chi connectivity index (χ0n) is 14.1. The van der Waals surface area contributed by atoms with Crippen LogP contribution in [-0.2, 0) is 4.79 Å². The van der Waals surface area contributed by atoms with Crippen molar-refractivity contribution in [2.45, 2.75) is 19.9 Å². The summed E-state index contributed by atoms with van der Waals surface area (Å²) in [4.78, 5) is 16.7. The van der Waals surface area contributed by atoms with E-state index >= 15 is 0 Å². The summed E-state index contributed by atoms with van der Waals surface area (Å²) in [5.41, 5.74) is 2.85. The minimum atomic E-state index is -0.452. The Bertz CT molecular complexity index is 923. The van der Waals surface area contributed by atoms with Gasteiger partial charge in [-0.15, -0.1) is 0 Å². The highest BCUT2D eigenvalue weighted by atomic mass is 35.5. The molecule has 1 heterocycles. The first-order valence-electron chi connectivity index (χ1n) is 7.74. The van der Waals surface area contributed by atoms with Crippen molar-refractivity contribution in [3.63, 3.8) is 0 Å². The van der Waals surface area contributed by atoms with Gasteiger partial charge in [-0.3, -0.25) is 4.79 Å². The largest absolute Gasteiger partial charge is 0.495 e. The molecule has 0 saturated carbocycles. The summed E-state index contributed by atoms with van der Waals surface area (Å²) in [5, 5.41) is 6.41. The average molecular weight is 360 g/mol. The summed E-state index contributed by atoms with van der Waals surface area (Å²) >= 11 is 6.07. The predicted octanol–water partition coefficient (Wildman–Crippen LogP) is 4.24. The minimum Gasteiger partial charge on any atom is -0.495 e. The van der Waals surface area contributed by atoms with Gasteiger partial charge in [0.2, 0.25) is 5.91 Å². The molecule has 0 aliphatic heterocycles. The number of hydrogen-bond acceptors (Lipinski definition) is 5. The van der Waals surface area contributed by atoms with Crippen molar-refractivity contribution < 1.29 is 13.9 Å². The Morgan fingerprint density at radius 3 is 2.72 bits per heavy atom. The molecule has 0 aliphatic rings. The van der Waals surface area contributed by atoms with Crippen LogP contribution >= 0.6 is 11.6 Å². The molecule has 130 valence electrons. The van der Waals surface area contributed by atoms with E-state index in [0.29, 0.717) is 27.9 Å². The highest BCUT2D eigenvalue weighted by molar-refractivity contribution is 6.32. The fourth-order valence-corrected chi connectivity index (χ4v) is 2.70. The Balaban J connectivity index is 1.68. The maximum absolute atomic E-state index is 12.4. The van der Waals surface area contributed by atoms with Crippen molar-refractivity contribution in [1.29, 1.82) is 0 Å². The van der Waals surface area contributed by atoms with Gasteiger partial charge in [0.15, 0.2) is 11.5 Å². The molecular formula is C18H18ClN3O3. The Kier molecular flexibility index (Phi) is 4.81. The number of methoxy groups -OCH3 is 1. The Labute approximate surface area is 150 Å². The van der Waals surface area contributed by atoms with Crippen LogP contribution in [0.15, 0.2) is 40.8 Å². The van der Waals surface area contributed by atoms with E-state index in [1.165, 1.54) is 0 Å². The standard InChI is InChI=1S/C18H18ClN3O3/c1-10(18(23)22-12-4-6-16(24-3)14(19)8-12)20-13-5-7-17-15(9-13)21-11(2)25-17/h4-10,20H,1-3H3,(H,22,23). The molecule has 3 aromatic rings. The molecule has 0 spiro atoms. The van der Waals surface area contributed by atoms with Crippen LogP contribution in [0.4, 0.5) is 11.4 Å². The normalized spacial score (nSPS) is 12.0. The second kappa shape index (κ2) is 7.03. The van der Waals surface area contributed by atoms with Crippen LogP contribution in [-0.4, -0.2) is 24.0 Å². The number of rotatable bonds is 5. The number of aromatic nitrogens is 1. The number of ether oxygens (including phenoxy) is 1. The first-order chi connectivity index (χ1) is 12.0. The quantitative estimate of drug-likeness (QED) is 0.712. The number of amides is 1. The van der Waals surface area contributed by atoms with E-state index in [2.05, 4.69) is 15.6 Å². The van der Waals surface area contributed by atoms with Crippen molar-refractivity contribution in [1.82, 2.24) is 4.98 Å². The van der Waals surface area contributed by atoms with Crippen LogP contribution in [0.5, 0.6) is 5.75 Å². The molecule has 25 heavy (non-hydrogen) atoms. The Morgan fingerprint density at radius 1 is 1.24 bits per heavy atom.